The molecule has 0 heterocycles. The number of nitro groups is 1. The normalized spacial score (nSPS) is 9.92. The van der Waals surface area contributed by atoms with Crippen molar-refractivity contribution in [1.29, 1.82) is 0 Å². The number of aromatic hydroxyl groups is 1. The number of phenols is 1. The van der Waals surface area contributed by atoms with Gasteiger partial charge in [0, 0.05) is 29.0 Å². The summed E-state index contributed by atoms with van der Waals surface area (Å²) in [4.78, 5) is 22.8. The molecule has 0 bridgehead atoms. The third kappa shape index (κ3) is 3.81. The van der Waals surface area contributed by atoms with Crippen LogP contribution in [0.1, 0.15) is 21.5 Å². The van der Waals surface area contributed by atoms with Gasteiger partial charge in [0.25, 0.3) is 10.8 Å². The fourth-order valence-electron chi connectivity index (χ4n) is 2.19. The third-order valence-electron chi connectivity index (χ3n) is 3.19. The van der Waals surface area contributed by atoms with Crippen molar-refractivity contribution >= 4 is 34.7 Å². The van der Waals surface area contributed by atoms with E-state index in [-0.39, 0.29) is 17.1 Å². The average molecular weight is 344 g/mol. The molecule has 0 fully saturated rings. The molecule has 0 aliphatic heterocycles. The number of hydrazine groups is 1. The fraction of sp³-hybridized carbons (Fsp3) is 0.125. The molecule has 7 nitrogen and oxygen atoms in total. The number of hydrogen-bond acceptors (Lipinski definition) is 6. The van der Waals surface area contributed by atoms with Crippen molar-refractivity contribution in [3.63, 3.8) is 0 Å². The zero-order valence-electron chi connectivity index (χ0n) is 12.9. The maximum Gasteiger partial charge on any atom is 0.457 e. The summed E-state index contributed by atoms with van der Waals surface area (Å²) in [6, 6.07) is 8.70. The van der Waals surface area contributed by atoms with Crippen LogP contribution >= 0.6 is 12.2 Å². The lowest BCUT2D eigenvalue weighted by atomic mass is 10.1. The van der Waals surface area contributed by atoms with Gasteiger partial charge in [-0.3, -0.25) is 10.1 Å². The number of anilines is 1. The molecule has 24 heavy (non-hydrogen) atoms. The van der Waals surface area contributed by atoms with E-state index in [0.29, 0.717) is 5.56 Å². The standard InChI is InChI=1S/C16H13N3O4S/c1-10-5-11(2)7-12(6-10)16(21)18(9-24)17-14-8-13(19(22)23)3-4-15(14)20/h3-8,17H,1-2H3/p+1. The number of carbonyl (C=O) groups excluding carboxylic acids is 1. The van der Waals surface area contributed by atoms with E-state index in [1.807, 2.05) is 19.9 Å². The number of amides is 1. The van der Waals surface area contributed by atoms with Crippen molar-refractivity contribution in [2.45, 2.75) is 13.8 Å². The van der Waals surface area contributed by atoms with Crippen molar-refractivity contribution in [3.8, 4) is 5.75 Å². The van der Waals surface area contributed by atoms with Crippen LogP contribution in [0.3, 0.4) is 0 Å². The van der Waals surface area contributed by atoms with Crippen LogP contribution in [0, 0.1) is 24.0 Å². The van der Waals surface area contributed by atoms with E-state index >= 15 is 0 Å². The SMILES string of the molecule is Cc1cc(C)cc(C(=O)[N+](=C=S)Nc2cc([N+](=O)[O-])ccc2O)c1. The lowest BCUT2D eigenvalue weighted by molar-refractivity contribution is -0.388. The van der Waals surface area contributed by atoms with Crippen LogP contribution in [-0.2, 0) is 0 Å². The molecule has 0 aromatic heterocycles. The predicted molar refractivity (Wildman–Crippen MR) is 91.5 cm³/mol. The predicted octanol–water partition coefficient (Wildman–Crippen LogP) is 3.20. The first-order valence-electron chi connectivity index (χ1n) is 6.86. The highest BCUT2D eigenvalue weighted by atomic mass is 32.1. The lowest BCUT2D eigenvalue weighted by Gasteiger charge is -2.04. The van der Waals surface area contributed by atoms with Gasteiger partial charge in [-0.25, -0.2) is 4.79 Å². The number of hydrogen-bond donors (Lipinski definition) is 2. The highest BCUT2D eigenvalue weighted by Gasteiger charge is 2.24. The van der Waals surface area contributed by atoms with Gasteiger partial charge in [0.05, 0.1) is 10.5 Å². The Kier molecular flexibility index (Phi) is 5.03. The third-order valence-corrected chi connectivity index (χ3v) is 3.37. The van der Waals surface area contributed by atoms with Crippen molar-refractivity contribution in [2.24, 2.45) is 0 Å². The number of isothiocyanates is 1. The van der Waals surface area contributed by atoms with E-state index in [4.69, 9.17) is 12.2 Å². The number of aryl methyl sites for hydroxylation is 2. The van der Waals surface area contributed by atoms with Crippen molar-refractivity contribution < 1.29 is 19.5 Å². The minimum Gasteiger partial charge on any atom is -0.506 e. The number of nitrogens with zero attached hydrogens (tertiary/aromatic N) is 2. The summed E-state index contributed by atoms with van der Waals surface area (Å²) in [6.07, 6.45) is 0. The van der Waals surface area contributed by atoms with E-state index in [0.717, 1.165) is 34.0 Å². The van der Waals surface area contributed by atoms with Crippen LogP contribution < -0.4 is 5.43 Å². The summed E-state index contributed by atoms with van der Waals surface area (Å²) in [6.45, 7) is 3.71. The van der Waals surface area contributed by atoms with Gasteiger partial charge in [-0.05, 0) is 43.2 Å². The van der Waals surface area contributed by atoms with Crippen molar-refractivity contribution in [2.75, 3.05) is 5.43 Å². The number of non-ortho nitro benzene ring substituents is 1. The number of thiocarbonyl (C=S) groups is 1. The van der Waals surface area contributed by atoms with Gasteiger partial charge in [0.2, 0.25) is 0 Å². The molecule has 122 valence electrons. The molecule has 0 aliphatic rings. The molecule has 1 amide bonds. The number of benzene rings is 2. The first kappa shape index (κ1) is 17.3. The first-order valence-corrected chi connectivity index (χ1v) is 7.27. The Morgan fingerprint density at radius 3 is 2.38 bits per heavy atom. The van der Waals surface area contributed by atoms with Crippen molar-refractivity contribution in [3.05, 3.63) is 63.2 Å². The van der Waals surface area contributed by atoms with Gasteiger partial charge < -0.3 is 5.11 Å². The van der Waals surface area contributed by atoms with Crippen LogP contribution in [0.25, 0.3) is 0 Å². The van der Waals surface area contributed by atoms with Gasteiger partial charge in [-0.2, -0.15) is 0 Å². The molecule has 8 heteroatoms. The molecule has 2 aromatic carbocycles. The Morgan fingerprint density at radius 2 is 1.83 bits per heavy atom. The second kappa shape index (κ2) is 6.99. The van der Waals surface area contributed by atoms with E-state index in [9.17, 15) is 20.0 Å². The zero-order chi connectivity index (χ0) is 17.9. The van der Waals surface area contributed by atoms with Gasteiger partial charge in [0.1, 0.15) is 11.4 Å². The number of carbonyl (C=O) groups is 1. The van der Waals surface area contributed by atoms with Crippen LogP contribution in [0.4, 0.5) is 11.4 Å². The first-order chi connectivity index (χ1) is 11.3. The minimum absolute atomic E-state index is 0.0284. The van der Waals surface area contributed by atoms with E-state index in [1.165, 1.54) is 0 Å². The number of nitro benzene ring substituents is 1. The number of hydrazone groups is 1. The van der Waals surface area contributed by atoms with Crippen LogP contribution in [0.15, 0.2) is 36.4 Å². The summed E-state index contributed by atoms with van der Waals surface area (Å²) in [5, 5.41) is 22.9. The second-order valence-electron chi connectivity index (χ2n) is 5.18. The largest absolute Gasteiger partial charge is 0.506 e. The lowest BCUT2D eigenvalue weighted by Crippen LogP contribution is -2.26. The summed E-state index contributed by atoms with van der Waals surface area (Å²) >= 11 is 4.72. The summed E-state index contributed by atoms with van der Waals surface area (Å²) in [7, 11) is 0. The molecule has 0 unspecified atom stereocenters. The molecule has 0 aliphatic carbocycles. The Morgan fingerprint density at radius 1 is 1.21 bits per heavy atom. The molecule has 0 saturated heterocycles. The molecule has 0 radical (unpaired) electrons. The molecule has 2 N–H and O–H groups in total. The summed E-state index contributed by atoms with van der Waals surface area (Å²) in [5.41, 5.74) is 4.46. The minimum atomic E-state index is -0.609. The van der Waals surface area contributed by atoms with E-state index in [1.54, 1.807) is 12.1 Å². The van der Waals surface area contributed by atoms with E-state index in [2.05, 4.69) is 10.6 Å². The Balaban J connectivity index is 2.37. The van der Waals surface area contributed by atoms with Gasteiger partial charge in [-0.1, -0.05) is 6.07 Å². The highest BCUT2D eigenvalue weighted by molar-refractivity contribution is 7.78. The van der Waals surface area contributed by atoms with Gasteiger partial charge in [0.15, 0.2) is 0 Å². The van der Waals surface area contributed by atoms with Crippen LogP contribution in [0.2, 0.25) is 0 Å². The summed E-state index contributed by atoms with van der Waals surface area (Å²) in [5.74, 6) is -0.758. The molecule has 2 aromatic rings. The Bertz CT molecular complexity index is 869. The molecular weight excluding hydrogens is 330 g/mol. The van der Waals surface area contributed by atoms with Crippen LogP contribution in [0.5, 0.6) is 5.75 Å². The average Bonchev–Trinajstić information content (AvgIpc) is 2.52. The fourth-order valence-corrected chi connectivity index (χ4v) is 2.32. The van der Waals surface area contributed by atoms with Crippen LogP contribution in [-0.4, -0.2) is 25.8 Å². The second-order valence-corrected chi connectivity index (χ2v) is 5.36. The maximum atomic E-state index is 12.5. The summed E-state index contributed by atoms with van der Waals surface area (Å²) < 4.78 is 0.863. The highest BCUT2D eigenvalue weighted by Crippen LogP contribution is 2.27. The van der Waals surface area contributed by atoms with Crippen molar-refractivity contribution in [1.82, 2.24) is 0 Å². The van der Waals surface area contributed by atoms with Gasteiger partial charge in [-0.15, -0.1) is 5.43 Å². The molecule has 0 spiro atoms. The Hall–Kier alpha value is -3.09. The monoisotopic (exact) mass is 344 g/mol. The van der Waals surface area contributed by atoms with Gasteiger partial charge >= 0.3 is 5.91 Å². The number of rotatable bonds is 4. The number of phenolic OH excluding ortho intramolecular Hbond substituents is 1. The smallest absolute Gasteiger partial charge is 0.457 e. The van der Waals surface area contributed by atoms with E-state index < -0.39 is 10.8 Å². The maximum absolute atomic E-state index is 12.5. The molecule has 2 rings (SSSR count). The topological polar surface area (TPSA) is 95.5 Å². The molecule has 0 atom stereocenters. The quantitative estimate of drug-likeness (QED) is 0.221. The molecule has 0 saturated carbocycles. The Labute approximate surface area is 143 Å². The number of nitrogens with one attached hydrogen (secondary N) is 1. The molecular formula is C16H14N3O4S+. The zero-order valence-corrected chi connectivity index (χ0v) is 13.8.